The second-order valence-corrected chi connectivity index (χ2v) is 6.75. The molecule has 0 bridgehead atoms. The van der Waals surface area contributed by atoms with E-state index in [-0.39, 0.29) is 12.5 Å². The van der Waals surface area contributed by atoms with Gasteiger partial charge in [0.05, 0.1) is 0 Å². The highest BCUT2D eigenvalue weighted by atomic mass is 35.5. The number of ether oxygens (including phenoxy) is 1. The molecule has 0 fully saturated rings. The summed E-state index contributed by atoms with van der Waals surface area (Å²) in [5.74, 6) is 0.654. The van der Waals surface area contributed by atoms with Crippen LogP contribution in [-0.2, 0) is 24.2 Å². The molecule has 3 nitrogen and oxygen atoms in total. The first-order valence-electron chi connectivity index (χ1n) is 8.07. The monoisotopic (exact) mass is 363 g/mol. The van der Waals surface area contributed by atoms with Crippen molar-refractivity contribution in [1.82, 2.24) is 5.32 Å². The van der Waals surface area contributed by atoms with Crippen LogP contribution >= 0.6 is 23.2 Å². The van der Waals surface area contributed by atoms with Crippen LogP contribution in [0.3, 0.4) is 0 Å². The summed E-state index contributed by atoms with van der Waals surface area (Å²) in [5.41, 5.74) is 3.41. The summed E-state index contributed by atoms with van der Waals surface area (Å²) >= 11 is 12.0. The van der Waals surface area contributed by atoms with E-state index in [1.165, 1.54) is 24.0 Å². The Hall–Kier alpha value is -1.71. The Morgan fingerprint density at radius 2 is 1.96 bits per heavy atom. The number of fused-ring (bicyclic) bond motifs is 1. The van der Waals surface area contributed by atoms with Gasteiger partial charge in [0.1, 0.15) is 5.75 Å². The molecule has 1 N–H and O–H groups in total. The number of aryl methyl sites for hydroxylation is 1. The van der Waals surface area contributed by atoms with E-state index in [2.05, 4.69) is 11.4 Å². The standard InChI is InChI=1S/C19H19Cl2NO2/c20-15-9-8-14(17(21)10-15)11-22-19(23)12-24-18-7-3-5-13-4-1-2-6-16(13)18/h3,5,7-10H,1-2,4,6,11-12H2,(H,22,23). The largest absolute Gasteiger partial charge is 0.483 e. The number of carbonyl (C=O) groups excluding carboxylic acids is 1. The fourth-order valence-electron chi connectivity index (χ4n) is 2.93. The SMILES string of the molecule is O=C(COc1cccc2c1CCCC2)NCc1ccc(Cl)cc1Cl. The molecule has 0 saturated heterocycles. The van der Waals surface area contributed by atoms with Gasteiger partial charge in [-0.05, 0) is 60.6 Å². The zero-order chi connectivity index (χ0) is 16.9. The van der Waals surface area contributed by atoms with Crippen LogP contribution < -0.4 is 10.1 Å². The van der Waals surface area contributed by atoms with Gasteiger partial charge in [0.25, 0.3) is 5.91 Å². The molecule has 24 heavy (non-hydrogen) atoms. The van der Waals surface area contributed by atoms with E-state index >= 15 is 0 Å². The van der Waals surface area contributed by atoms with Gasteiger partial charge in [-0.3, -0.25) is 4.79 Å². The van der Waals surface area contributed by atoms with Gasteiger partial charge in [0, 0.05) is 16.6 Å². The summed E-state index contributed by atoms with van der Waals surface area (Å²) in [5, 5.41) is 3.94. The van der Waals surface area contributed by atoms with Crippen molar-refractivity contribution >= 4 is 29.1 Å². The highest BCUT2D eigenvalue weighted by Gasteiger charge is 2.14. The Morgan fingerprint density at radius 3 is 2.79 bits per heavy atom. The molecular formula is C19H19Cl2NO2. The highest BCUT2D eigenvalue weighted by Crippen LogP contribution is 2.29. The van der Waals surface area contributed by atoms with E-state index in [1.807, 2.05) is 12.1 Å². The van der Waals surface area contributed by atoms with E-state index < -0.39 is 0 Å². The van der Waals surface area contributed by atoms with Crippen molar-refractivity contribution in [2.24, 2.45) is 0 Å². The molecule has 1 amide bonds. The van der Waals surface area contributed by atoms with Crippen molar-refractivity contribution in [3.63, 3.8) is 0 Å². The molecule has 0 radical (unpaired) electrons. The molecule has 1 aliphatic rings. The molecule has 2 aromatic rings. The van der Waals surface area contributed by atoms with Gasteiger partial charge in [-0.25, -0.2) is 0 Å². The number of rotatable bonds is 5. The van der Waals surface area contributed by atoms with Crippen LogP contribution in [0, 0.1) is 0 Å². The third-order valence-corrected chi connectivity index (χ3v) is 4.79. The van der Waals surface area contributed by atoms with Crippen LogP contribution in [0.4, 0.5) is 0 Å². The van der Waals surface area contributed by atoms with Crippen LogP contribution in [0.1, 0.15) is 29.5 Å². The number of amides is 1. The lowest BCUT2D eigenvalue weighted by molar-refractivity contribution is -0.123. The fourth-order valence-corrected chi connectivity index (χ4v) is 3.41. The van der Waals surface area contributed by atoms with Gasteiger partial charge < -0.3 is 10.1 Å². The van der Waals surface area contributed by atoms with Crippen molar-refractivity contribution in [1.29, 1.82) is 0 Å². The van der Waals surface area contributed by atoms with E-state index in [9.17, 15) is 4.79 Å². The van der Waals surface area contributed by atoms with E-state index in [0.29, 0.717) is 16.6 Å². The number of nitrogens with one attached hydrogen (secondary N) is 1. The van der Waals surface area contributed by atoms with Gasteiger partial charge in [0.2, 0.25) is 0 Å². The van der Waals surface area contributed by atoms with Crippen LogP contribution in [-0.4, -0.2) is 12.5 Å². The lowest BCUT2D eigenvalue weighted by atomic mass is 9.91. The average molecular weight is 364 g/mol. The normalized spacial score (nSPS) is 13.2. The molecule has 2 aromatic carbocycles. The molecule has 1 aliphatic carbocycles. The van der Waals surface area contributed by atoms with Gasteiger partial charge in [-0.15, -0.1) is 0 Å². The minimum absolute atomic E-state index is 0.00165. The molecule has 0 saturated carbocycles. The Balaban J connectivity index is 1.54. The van der Waals surface area contributed by atoms with Crippen molar-refractivity contribution in [3.05, 3.63) is 63.1 Å². The molecule has 0 atom stereocenters. The number of carbonyl (C=O) groups is 1. The molecular weight excluding hydrogens is 345 g/mol. The smallest absolute Gasteiger partial charge is 0.258 e. The quantitative estimate of drug-likeness (QED) is 0.844. The van der Waals surface area contributed by atoms with Crippen molar-refractivity contribution in [2.45, 2.75) is 32.2 Å². The maximum atomic E-state index is 12.0. The Bertz CT molecular complexity index is 746. The summed E-state index contributed by atoms with van der Waals surface area (Å²) in [7, 11) is 0. The van der Waals surface area contributed by atoms with Crippen molar-refractivity contribution in [2.75, 3.05) is 6.61 Å². The third kappa shape index (κ3) is 4.22. The molecule has 0 spiro atoms. The summed E-state index contributed by atoms with van der Waals surface area (Å²) < 4.78 is 5.74. The third-order valence-electron chi connectivity index (χ3n) is 4.20. The Labute approximate surface area is 151 Å². The molecule has 0 aromatic heterocycles. The first-order chi connectivity index (χ1) is 11.6. The second-order valence-electron chi connectivity index (χ2n) is 5.90. The Kier molecular flexibility index (Phi) is 5.64. The number of halogens is 2. The first kappa shape index (κ1) is 17.1. The first-order valence-corrected chi connectivity index (χ1v) is 8.83. The minimum Gasteiger partial charge on any atom is -0.483 e. The fraction of sp³-hybridized carbons (Fsp3) is 0.316. The molecule has 3 rings (SSSR count). The van der Waals surface area contributed by atoms with Gasteiger partial charge in [0.15, 0.2) is 6.61 Å². The molecule has 0 aliphatic heterocycles. The predicted molar refractivity (Wildman–Crippen MR) is 96.9 cm³/mol. The van der Waals surface area contributed by atoms with Crippen molar-refractivity contribution in [3.8, 4) is 5.75 Å². The second kappa shape index (κ2) is 7.91. The van der Waals surface area contributed by atoms with Crippen LogP contribution in [0.2, 0.25) is 10.0 Å². The van der Waals surface area contributed by atoms with Crippen LogP contribution in [0.25, 0.3) is 0 Å². The maximum absolute atomic E-state index is 12.0. The lowest BCUT2D eigenvalue weighted by Crippen LogP contribution is -2.28. The highest BCUT2D eigenvalue weighted by molar-refractivity contribution is 6.35. The zero-order valence-electron chi connectivity index (χ0n) is 13.3. The number of hydrogen-bond acceptors (Lipinski definition) is 2. The number of benzene rings is 2. The Morgan fingerprint density at radius 1 is 1.12 bits per heavy atom. The summed E-state index contributed by atoms with van der Waals surface area (Å²) in [6.45, 7) is 0.354. The lowest BCUT2D eigenvalue weighted by Gasteiger charge is -2.19. The molecule has 0 unspecified atom stereocenters. The van der Waals surface area contributed by atoms with Gasteiger partial charge >= 0.3 is 0 Å². The number of hydrogen-bond donors (Lipinski definition) is 1. The minimum atomic E-state index is -0.172. The topological polar surface area (TPSA) is 38.3 Å². The molecule has 0 heterocycles. The average Bonchev–Trinajstić information content (AvgIpc) is 2.59. The molecule has 126 valence electrons. The zero-order valence-corrected chi connectivity index (χ0v) is 14.8. The van der Waals surface area contributed by atoms with Gasteiger partial charge in [-0.2, -0.15) is 0 Å². The maximum Gasteiger partial charge on any atom is 0.258 e. The van der Waals surface area contributed by atoms with E-state index in [0.717, 1.165) is 24.2 Å². The predicted octanol–water partition coefficient (Wildman–Crippen LogP) is 4.57. The van der Waals surface area contributed by atoms with Crippen LogP contribution in [0.5, 0.6) is 5.75 Å². The summed E-state index contributed by atoms with van der Waals surface area (Å²) in [6, 6.07) is 11.3. The van der Waals surface area contributed by atoms with E-state index in [4.69, 9.17) is 27.9 Å². The summed E-state index contributed by atoms with van der Waals surface area (Å²) in [6.07, 6.45) is 4.51. The molecule has 5 heteroatoms. The van der Waals surface area contributed by atoms with E-state index in [1.54, 1.807) is 18.2 Å². The summed E-state index contributed by atoms with van der Waals surface area (Å²) in [4.78, 5) is 12.0. The van der Waals surface area contributed by atoms with Crippen molar-refractivity contribution < 1.29 is 9.53 Å². The van der Waals surface area contributed by atoms with Crippen LogP contribution in [0.15, 0.2) is 36.4 Å². The van der Waals surface area contributed by atoms with Gasteiger partial charge in [-0.1, -0.05) is 41.4 Å².